The van der Waals surface area contributed by atoms with Crippen LogP contribution in [0.15, 0.2) is 24.3 Å². The van der Waals surface area contributed by atoms with E-state index >= 15 is 0 Å². The Labute approximate surface area is 129 Å². The summed E-state index contributed by atoms with van der Waals surface area (Å²) < 4.78 is 110. The highest BCUT2D eigenvalue weighted by molar-refractivity contribution is 5.89. The van der Waals surface area contributed by atoms with Crippen LogP contribution in [0.4, 0.5) is 35.1 Å². The van der Waals surface area contributed by atoms with Crippen molar-refractivity contribution in [1.29, 1.82) is 0 Å². The highest BCUT2D eigenvalue weighted by Crippen LogP contribution is 2.53. The van der Waals surface area contributed by atoms with Crippen LogP contribution in [-0.2, 0) is 19.1 Å². The van der Waals surface area contributed by atoms with Gasteiger partial charge in [0.15, 0.2) is 0 Å². The molecule has 0 heterocycles. The van der Waals surface area contributed by atoms with Gasteiger partial charge in [-0.3, -0.25) is 0 Å². The lowest BCUT2D eigenvalue weighted by atomic mass is 10.1. The van der Waals surface area contributed by atoms with Crippen molar-refractivity contribution in [1.82, 2.24) is 0 Å². The van der Waals surface area contributed by atoms with E-state index in [2.05, 4.69) is 22.6 Å². The molecule has 0 rings (SSSR count). The van der Waals surface area contributed by atoms with Crippen LogP contribution in [-0.4, -0.2) is 36.0 Å². The average molecular weight is 370 g/mol. The number of halogens is 8. The Morgan fingerprint density at radius 3 is 1.21 bits per heavy atom. The molecule has 0 N–H and O–H groups in total. The van der Waals surface area contributed by atoms with Gasteiger partial charge in [-0.2, -0.15) is 35.1 Å². The Bertz CT molecular complexity index is 536. The molecule has 0 bridgehead atoms. The monoisotopic (exact) mass is 370 g/mol. The zero-order valence-electron chi connectivity index (χ0n) is 12.1. The third-order valence-electron chi connectivity index (χ3n) is 2.27. The van der Waals surface area contributed by atoms with Crippen molar-refractivity contribution in [2.45, 2.75) is 37.9 Å². The topological polar surface area (TPSA) is 52.6 Å². The number of ether oxygens (including phenoxy) is 2. The zero-order valence-corrected chi connectivity index (χ0v) is 12.1. The minimum atomic E-state index is -7.06. The minimum absolute atomic E-state index is 0.739. The van der Waals surface area contributed by atoms with Gasteiger partial charge in [-0.15, -0.1) is 0 Å². The zero-order chi connectivity index (χ0) is 19.7. The Hall–Kier alpha value is -2.14. The van der Waals surface area contributed by atoms with Gasteiger partial charge < -0.3 is 9.47 Å². The third-order valence-corrected chi connectivity index (χ3v) is 2.27. The van der Waals surface area contributed by atoms with E-state index in [0.29, 0.717) is 0 Å². The van der Waals surface area contributed by atoms with Gasteiger partial charge in [-0.05, 0) is 13.8 Å². The van der Waals surface area contributed by atoms with Crippen LogP contribution in [0.1, 0.15) is 13.8 Å². The number of rotatable bonds is 6. The van der Waals surface area contributed by atoms with Crippen molar-refractivity contribution in [3.63, 3.8) is 0 Å². The lowest BCUT2D eigenvalue weighted by Gasteiger charge is -2.36. The Morgan fingerprint density at radius 1 is 0.708 bits per heavy atom. The molecule has 0 aliphatic carbocycles. The summed E-state index contributed by atoms with van der Waals surface area (Å²) in [7, 11) is 0. The van der Waals surface area contributed by atoms with E-state index in [-0.39, 0.29) is 0 Å². The normalized spacial score (nSPS) is 13.2. The fourth-order valence-corrected chi connectivity index (χ4v) is 0.927. The fraction of sp³-hybridized carbons (Fsp3) is 0.500. The standard InChI is InChI=1S/C12H10F8O4/c1-5(2)7(21)23-12(20,24-8(22)6(3)4)10(15,16)9(13,14)11(17,18)19/h1,3H2,2,4H3. The molecular formula is C12H10F8O4. The summed E-state index contributed by atoms with van der Waals surface area (Å²) in [5.41, 5.74) is -1.70. The maximum Gasteiger partial charge on any atom is 0.486 e. The van der Waals surface area contributed by atoms with E-state index in [1.165, 1.54) is 0 Å². The van der Waals surface area contributed by atoms with Crippen molar-refractivity contribution in [2.75, 3.05) is 0 Å². The van der Waals surface area contributed by atoms with Gasteiger partial charge in [-0.25, -0.2) is 9.59 Å². The summed E-state index contributed by atoms with van der Waals surface area (Å²) in [6.45, 7) is 7.06. The van der Waals surface area contributed by atoms with Crippen LogP contribution in [0.3, 0.4) is 0 Å². The van der Waals surface area contributed by atoms with E-state index in [4.69, 9.17) is 0 Å². The van der Waals surface area contributed by atoms with E-state index in [9.17, 15) is 44.7 Å². The lowest BCUT2D eigenvalue weighted by Crippen LogP contribution is -2.65. The number of hydrogen-bond acceptors (Lipinski definition) is 4. The molecule has 0 aliphatic heterocycles. The highest BCUT2D eigenvalue weighted by Gasteiger charge is 2.85. The van der Waals surface area contributed by atoms with Gasteiger partial charge >= 0.3 is 36.0 Å². The van der Waals surface area contributed by atoms with Gasteiger partial charge in [0.25, 0.3) is 0 Å². The molecule has 0 radical (unpaired) electrons. The molecule has 0 atom stereocenters. The van der Waals surface area contributed by atoms with E-state index in [1.54, 1.807) is 0 Å². The molecule has 0 aromatic carbocycles. The van der Waals surface area contributed by atoms with Crippen LogP contribution in [0, 0.1) is 0 Å². The molecule has 0 saturated carbocycles. The van der Waals surface area contributed by atoms with Gasteiger partial charge in [0.05, 0.1) is 0 Å². The maximum atomic E-state index is 14.1. The van der Waals surface area contributed by atoms with Crippen molar-refractivity contribution in [3.8, 4) is 0 Å². The second-order valence-electron chi connectivity index (χ2n) is 4.52. The van der Waals surface area contributed by atoms with Gasteiger partial charge in [0, 0.05) is 11.1 Å². The average Bonchev–Trinajstić information content (AvgIpc) is 2.36. The molecule has 0 amide bonds. The van der Waals surface area contributed by atoms with Gasteiger partial charge in [0.1, 0.15) is 0 Å². The maximum absolute atomic E-state index is 14.1. The van der Waals surface area contributed by atoms with Crippen LogP contribution < -0.4 is 0 Å². The third kappa shape index (κ3) is 3.85. The molecule has 24 heavy (non-hydrogen) atoms. The molecule has 4 nitrogen and oxygen atoms in total. The van der Waals surface area contributed by atoms with Crippen LogP contribution in [0.2, 0.25) is 0 Å². The lowest BCUT2D eigenvalue weighted by molar-refractivity contribution is -0.452. The first-order valence-electron chi connectivity index (χ1n) is 5.69. The fourth-order valence-electron chi connectivity index (χ4n) is 0.927. The van der Waals surface area contributed by atoms with E-state index in [0.717, 1.165) is 13.8 Å². The molecule has 0 spiro atoms. The summed E-state index contributed by atoms with van der Waals surface area (Å²) in [5.74, 6) is -18.2. The van der Waals surface area contributed by atoms with Crippen molar-refractivity contribution < 1.29 is 54.2 Å². The molecule has 0 unspecified atom stereocenters. The molecule has 0 aliphatic rings. The Balaban J connectivity index is 6.19. The molecule has 0 aromatic rings. The van der Waals surface area contributed by atoms with Crippen LogP contribution >= 0.6 is 0 Å². The summed E-state index contributed by atoms with van der Waals surface area (Å²) in [6.07, 6.45) is -6.96. The second kappa shape index (κ2) is 6.40. The van der Waals surface area contributed by atoms with Crippen LogP contribution in [0.25, 0.3) is 0 Å². The van der Waals surface area contributed by atoms with Crippen LogP contribution in [0.5, 0.6) is 0 Å². The summed E-state index contributed by atoms with van der Waals surface area (Å²) in [6, 6.07) is -5.78. The first kappa shape index (κ1) is 21.9. The molecule has 138 valence electrons. The highest BCUT2D eigenvalue weighted by atomic mass is 19.4. The Morgan fingerprint density at radius 2 is 1.00 bits per heavy atom. The van der Waals surface area contributed by atoms with Gasteiger partial charge in [0.2, 0.25) is 0 Å². The minimum Gasteiger partial charge on any atom is -0.386 e. The molecule has 0 fully saturated rings. The smallest absolute Gasteiger partial charge is 0.386 e. The number of hydrogen-bond donors (Lipinski definition) is 0. The Kier molecular flexibility index (Phi) is 5.83. The van der Waals surface area contributed by atoms with Gasteiger partial charge in [-0.1, -0.05) is 13.2 Å². The molecule has 0 aromatic heterocycles. The number of esters is 2. The first-order chi connectivity index (χ1) is 10.4. The number of alkyl halides is 8. The van der Waals surface area contributed by atoms with Crippen molar-refractivity contribution >= 4 is 11.9 Å². The molecule has 12 heteroatoms. The summed E-state index contributed by atoms with van der Waals surface area (Å²) in [4.78, 5) is 22.2. The predicted molar refractivity (Wildman–Crippen MR) is 61.6 cm³/mol. The summed E-state index contributed by atoms with van der Waals surface area (Å²) >= 11 is 0. The predicted octanol–water partition coefficient (Wildman–Crippen LogP) is 3.68. The van der Waals surface area contributed by atoms with Crippen molar-refractivity contribution in [3.05, 3.63) is 24.3 Å². The second-order valence-corrected chi connectivity index (χ2v) is 4.52. The van der Waals surface area contributed by atoms with E-state index in [1.807, 2.05) is 0 Å². The number of carbonyl (C=O) groups is 2. The first-order valence-corrected chi connectivity index (χ1v) is 5.69. The van der Waals surface area contributed by atoms with E-state index < -0.39 is 47.1 Å². The largest absolute Gasteiger partial charge is 0.486 e. The summed E-state index contributed by atoms with van der Waals surface area (Å²) in [5, 5.41) is 0. The quantitative estimate of drug-likeness (QED) is 0.310. The number of carbonyl (C=O) groups excluding carboxylic acids is 2. The molecular weight excluding hydrogens is 360 g/mol. The SMILES string of the molecule is C=C(C)C(=O)OC(F)(OC(=O)C(=C)C)C(F)(F)C(F)(F)C(F)(F)F. The van der Waals surface area contributed by atoms with Crippen molar-refractivity contribution in [2.24, 2.45) is 0 Å². The molecule has 0 saturated heterocycles.